The fourth-order valence-electron chi connectivity index (χ4n) is 5.03. The number of aromatic amines is 1. The van der Waals surface area contributed by atoms with E-state index in [1.165, 1.54) is 12.1 Å². The van der Waals surface area contributed by atoms with E-state index in [4.69, 9.17) is 0 Å². The highest BCUT2D eigenvalue weighted by Crippen LogP contribution is 2.29. The van der Waals surface area contributed by atoms with E-state index in [9.17, 15) is 9.18 Å². The minimum absolute atomic E-state index is 0.135. The largest absolute Gasteiger partial charge is 0.321 e. The van der Waals surface area contributed by atoms with Crippen LogP contribution in [0, 0.1) is 19.7 Å². The van der Waals surface area contributed by atoms with Gasteiger partial charge >= 0.3 is 0 Å². The molecule has 1 N–H and O–H groups in total. The van der Waals surface area contributed by atoms with Crippen molar-refractivity contribution in [2.24, 2.45) is 0 Å². The fourth-order valence-corrected chi connectivity index (χ4v) is 5.03. The Labute approximate surface area is 203 Å². The van der Waals surface area contributed by atoms with Crippen LogP contribution in [0.4, 0.5) is 4.39 Å². The summed E-state index contributed by atoms with van der Waals surface area (Å²) in [5.74, 6) is 0.319. The van der Waals surface area contributed by atoms with E-state index < -0.39 is 6.04 Å². The van der Waals surface area contributed by atoms with E-state index in [1.54, 1.807) is 16.8 Å². The van der Waals surface area contributed by atoms with Gasteiger partial charge in [-0.2, -0.15) is 0 Å². The molecule has 182 valence electrons. The number of rotatable bonds is 6. The first-order valence-electron chi connectivity index (χ1n) is 12.0. The van der Waals surface area contributed by atoms with Gasteiger partial charge in [-0.3, -0.25) is 9.69 Å². The lowest BCUT2D eigenvalue weighted by Gasteiger charge is -2.38. The summed E-state index contributed by atoms with van der Waals surface area (Å²) in [6.45, 7) is 11.0. The zero-order valence-electron chi connectivity index (χ0n) is 20.3. The Morgan fingerprint density at radius 3 is 2.51 bits per heavy atom. The van der Waals surface area contributed by atoms with Crippen LogP contribution in [0.25, 0.3) is 10.9 Å². The molecule has 35 heavy (non-hydrogen) atoms. The lowest BCUT2D eigenvalue weighted by molar-refractivity contribution is 0.108. The molecule has 1 atom stereocenters. The SMILES string of the molecule is CCN1CCN(C(c2cc3cc(C)cc(C)c3[nH]c2=O)c2nnnn2Cc2ccc(F)cc2)CC1. The van der Waals surface area contributed by atoms with Crippen LogP contribution >= 0.6 is 0 Å². The molecule has 1 fully saturated rings. The molecule has 1 saturated heterocycles. The number of halogens is 1. The van der Waals surface area contributed by atoms with Gasteiger partial charge in [-0.15, -0.1) is 5.10 Å². The second-order valence-corrected chi connectivity index (χ2v) is 9.29. The number of hydrogen-bond donors (Lipinski definition) is 1. The number of hydrogen-bond acceptors (Lipinski definition) is 6. The molecule has 2 aromatic heterocycles. The van der Waals surface area contributed by atoms with Gasteiger partial charge in [0, 0.05) is 31.7 Å². The maximum absolute atomic E-state index is 13.5. The number of fused-ring (bicyclic) bond motifs is 1. The Balaban J connectivity index is 1.60. The third-order valence-electron chi connectivity index (χ3n) is 6.89. The Morgan fingerprint density at radius 2 is 1.80 bits per heavy atom. The number of aryl methyl sites for hydroxylation is 2. The van der Waals surface area contributed by atoms with Gasteiger partial charge in [-0.1, -0.05) is 30.7 Å². The summed E-state index contributed by atoms with van der Waals surface area (Å²) in [6.07, 6.45) is 0. The maximum atomic E-state index is 13.5. The van der Waals surface area contributed by atoms with Gasteiger partial charge in [0.1, 0.15) is 11.9 Å². The molecule has 0 radical (unpaired) electrons. The van der Waals surface area contributed by atoms with Crippen molar-refractivity contribution in [1.29, 1.82) is 0 Å². The molecule has 0 saturated carbocycles. The van der Waals surface area contributed by atoms with Crippen LogP contribution in [0.1, 0.15) is 41.0 Å². The summed E-state index contributed by atoms with van der Waals surface area (Å²) in [7, 11) is 0. The summed E-state index contributed by atoms with van der Waals surface area (Å²) in [5, 5.41) is 13.6. The Bertz CT molecular complexity index is 1390. The van der Waals surface area contributed by atoms with Gasteiger partial charge in [-0.05, 0) is 71.6 Å². The number of nitrogens with one attached hydrogen (secondary N) is 1. The molecule has 5 rings (SSSR count). The molecule has 2 aromatic carbocycles. The van der Waals surface area contributed by atoms with Crippen molar-refractivity contribution in [3.05, 3.63) is 86.7 Å². The van der Waals surface area contributed by atoms with Crippen LogP contribution in [-0.4, -0.2) is 67.7 Å². The van der Waals surface area contributed by atoms with Crippen molar-refractivity contribution in [2.45, 2.75) is 33.4 Å². The minimum Gasteiger partial charge on any atom is -0.321 e. The zero-order valence-corrected chi connectivity index (χ0v) is 20.3. The van der Waals surface area contributed by atoms with Crippen LogP contribution in [0.3, 0.4) is 0 Å². The Morgan fingerprint density at radius 1 is 1.06 bits per heavy atom. The Kier molecular flexibility index (Phi) is 6.44. The van der Waals surface area contributed by atoms with Crippen LogP contribution < -0.4 is 5.56 Å². The van der Waals surface area contributed by atoms with E-state index in [0.29, 0.717) is 17.9 Å². The smallest absolute Gasteiger partial charge is 0.253 e. The monoisotopic (exact) mass is 475 g/mol. The molecule has 3 heterocycles. The molecule has 0 amide bonds. The molecule has 0 aliphatic carbocycles. The molecule has 1 aliphatic rings. The standard InChI is InChI=1S/C26H30FN7O/c1-4-32-9-11-33(12-10-32)24(22-15-20-14-17(2)13-18(3)23(20)28-26(22)35)25-29-30-31-34(25)16-19-5-7-21(27)8-6-19/h5-8,13-15,24H,4,9-12,16H2,1-3H3,(H,28,35). The summed E-state index contributed by atoms with van der Waals surface area (Å²) in [6, 6.07) is 12.1. The van der Waals surface area contributed by atoms with Crippen molar-refractivity contribution in [1.82, 2.24) is 35.0 Å². The molecular weight excluding hydrogens is 445 g/mol. The lowest BCUT2D eigenvalue weighted by Crippen LogP contribution is -2.49. The van der Waals surface area contributed by atoms with Gasteiger partial charge in [0.15, 0.2) is 5.82 Å². The maximum Gasteiger partial charge on any atom is 0.253 e. The van der Waals surface area contributed by atoms with Crippen LogP contribution in [0.2, 0.25) is 0 Å². The number of aromatic nitrogens is 5. The molecule has 8 nitrogen and oxygen atoms in total. The third kappa shape index (κ3) is 4.74. The normalized spacial score (nSPS) is 16.1. The second-order valence-electron chi connectivity index (χ2n) is 9.29. The number of benzene rings is 2. The topological polar surface area (TPSA) is 82.9 Å². The quantitative estimate of drug-likeness (QED) is 0.462. The van der Waals surface area contributed by atoms with E-state index in [2.05, 4.69) is 56.3 Å². The number of tetrazole rings is 1. The molecule has 0 spiro atoms. The third-order valence-corrected chi connectivity index (χ3v) is 6.89. The van der Waals surface area contributed by atoms with Crippen LogP contribution in [0.5, 0.6) is 0 Å². The summed E-state index contributed by atoms with van der Waals surface area (Å²) >= 11 is 0. The summed E-state index contributed by atoms with van der Waals surface area (Å²) < 4.78 is 15.1. The molecule has 0 bridgehead atoms. The van der Waals surface area contributed by atoms with Crippen molar-refractivity contribution >= 4 is 10.9 Å². The predicted molar refractivity (Wildman–Crippen MR) is 133 cm³/mol. The first-order valence-corrected chi connectivity index (χ1v) is 12.0. The zero-order chi connectivity index (χ0) is 24.5. The van der Waals surface area contributed by atoms with Crippen molar-refractivity contribution < 1.29 is 4.39 Å². The van der Waals surface area contributed by atoms with Gasteiger partial charge in [0.05, 0.1) is 12.1 Å². The highest BCUT2D eigenvalue weighted by molar-refractivity contribution is 5.83. The highest BCUT2D eigenvalue weighted by atomic mass is 19.1. The highest BCUT2D eigenvalue weighted by Gasteiger charge is 2.32. The number of piperazine rings is 1. The van der Waals surface area contributed by atoms with Crippen molar-refractivity contribution in [3.8, 4) is 0 Å². The van der Waals surface area contributed by atoms with Gasteiger partial charge in [0.2, 0.25) is 0 Å². The van der Waals surface area contributed by atoms with Crippen LogP contribution in [-0.2, 0) is 6.54 Å². The molecule has 1 aliphatic heterocycles. The Hall–Kier alpha value is -3.43. The van der Waals surface area contributed by atoms with Gasteiger partial charge in [0.25, 0.3) is 5.56 Å². The van der Waals surface area contributed by atoms with E-state index in [-0.39, 0.29) is 11.4 Å². The average molecular weight is 476 g/mol. The molecule has 9 heteroatoms. The van der Waals surface area contributed by atoms with Crippen molar-refractivity contribution in [3.63, 3.8) is 0 Å². The van der Waals surface area contributed by atoms with Crippen molar-refractivity contribution in [2.75, 3.05) is 32.7 Å². The predicted octanol–water partition coefficient (Wildman–Crippen LogP) is 3.05. The molecule has 4 aromatic rings. The van der Waals surface area contributed by atoms with E-state index in [0.717, 1.165) is 60.3 Å². The first kappa shape index (κ1) is 23.3. The first-order chi connectivity index (χ1) is 16.9. The number of nitrogens with zero attached hydrogens (tertiary/aromatic N) is 6. The summed E-state index contributed by atoms with van der Waals surface area (Å²) in [5.41, 5.74) is 4.41. The van der Waals surface area contributed by atoms with Crippen LogP contribution in [0.15, 0.2) is 47.3 Å². The number of pyridine rings is 1. The molecular formula is C26H30FN7O. The fraction of sp³-hybridized carbons (Fsp3) is 0.385. The number of H-pyrrole nitrogens is 1. The second kappa shape index (κ2) is 9.67. The van der Waals surface area contributed by atoms with E-state index >= 15 is 0 Å². The number of likely N-dealkylation sites (N-methyl/N-ethyl adjacent to an activating group) is 1. The van der Waals surface area contributed by atoms with E-state index in [1.807, 2.05) is 13.0 Å². The van der Waals surface area contributed by atoms with Gasteiger partial charge in [-0.25, -0.2) is 9.07 Å². The average Bonchev–Trinajstić information content (AvgIpc) is 3.29. The lowest BCUT2D eigenvalue weighted by atomic mass is 10.00. The summed E-state index contributed by atoms with van der Waals surface area (Å²) in [4.78, 5) is 21.3. The minimum atomic E-state index is -0.404. The van der Waals surface area contributed by atoms with Gasteiger partial charge < -0.3 is 9.88 Å². The molecule has 1 unspecified atom stereocenters.